The minimum atomic E-state index is -0.633. The number of nitro benzene ring substituents is 1. The van der Waals surface area contributed by atoms with Gasteiger partial charge in [0.05, 0.1) is 10.5 Å². The highest BCUT2D eigenvalue weighted by Crippen LogP contribution is 2.26. The first kappa shape index (κ1) is 15.0. The highest BCUT2D eigenvalue weighted by Gasteiger charge is 2.17. The van der Waals surface area contributed by atoms with Crippen LogP contribution in [0, 0.1) is 10.1 Å². The van der Waals surface area contributed by atoms with Crippen LogP contribution in [-0.2, 0) is 4.74 Å². The number of carbonyl (C=O) groups excluding carboxylic acids is 1. The number of ether oxygens (including phenoxy) is 1. The monoisotopic (exact) mass is 305 g/mol. The van der Waals surface area contributed by atoms with Crippen molar-refractivity contribution in [3.8, 4) is 0 Å². The first-order chi connectivity index (χ1) is 9.99. The average Bonchev–Trinajstić information content (AvgIpc) is 2.47. The zero-order chi connectivity index (χ0) is 15.4. The molecule has 1 atom stereocenters. The van der Waals surface area contributed by atoms with Crippen molar-refractivity contribution in [2.45, 2.75) is 13.0 Å². The number of carbonyl (C=O) groups is 1. The Labute approximate surface area is 126 Å². The summed E-state index contributed by atoms with van der Waals surface area (Å²) in [7, 11) is 0. The van der Waals surface area contributed by atoms with E-state index in [0.29, 0.717) is 10.6 Å². The van der Waals surface area contributed by atoms with E-state index in [4.69, 9.17) is 16.3 Å². The third-order valence-corrected chi connectivity index (χ3v) is 3.26. The standard InChI is InChI=1S/C15H12ClNO4/c1-10(13-7-2-3-8-14(13)16)21-15(18)11-5-4-6-12(9-11)17(19)20/h2-10H,1H3/t10-/m0/s1. The topological polar surface area (TPSA) is 69.4 Å². The fraction of sp³-hybridized carbons (Fsp3) is 0.133. The van der Waals surface area contributed by atoms with Crippen molar-refractivity contribution < 1.29 is 14.5 Å². The molecule has 0 aliphatic rings. The van der Waals surface area contributed by atoms with E-state index >= 15 is 0 Å². The Morgan fingerprint density at radius 3 is 2.62 bits per heavy atom. The zero-order valence-corrected chi connectivity index (χ0v) is 11.9. The lowest BCUT2D eigenvalue weighted by Crippen LogP contribution is -2.09. The molecule has 0 amide bonds. The molecule has 2 rings (SSSR count). The zero-order valence-electron chi connectivity index (χ0n) is 11.2. The fourth-order valence-corrected chi connectivity index (χ4v) is 2.13. The van der Waals surface area contributed by atoms with Gasteiger partial charge in [0.15, 0.2) is 0 Å². The first-order valence-electron chi connectivity index (χ1n) is 6.19. The highest BCUT2D eigenvalue weighted by atomic mass is 35.5. The Bertz CT molecular complexity index is 687. The van der Waals surface area contributed by atoms with Gasteiger partial charge in [0, 0.05) is 22.7 Å². The Kier molecular flexibility index (Phi) is 4.55. The summed E-state index contributed by atoms with van der Waals surface area (Å²) in [5.74, 6) is -0.633. The molecule has 0 bridgehead atoms. The van der Waals surface area contributed by atoms with E-state index in [1.54, 1.807) is 31.2 Å². The van der Waals surface area contributed by atoms with Gasteiger partial charge < -0.3 is 4.74 Å². The van der Waals surface area contributed by atoms with Crippen molar-refractivity contribution in [3.05, 3.63) is 74.8 Å². The van der Waals surface area contributed by atoms with Crippen LogP contribution in [0.4, 0.5) is 5.69 Å². The molecular weight excluding hydrogens is 294 g/mol. The summed E-state index contributed by atoms with van der Waals surface area (Å²) >= 11 is 6.03. The largest absolute Gasteiger partial charge is 0.454 e. The number of nitrogens with zero attached hydrogens (tertiary/aromatic N) is 1. The van der Waals surface area contributed by atoms with Crippen LogP contribution < -0.4 is 0 Å². The van der Waals surface area contributed by atoms with E-state index in [1.807, 2.05) is 0 Å². The molecule has 0 saturated heterocycles. The predicted octanol–water partition coefficient (Wildman–Crippen LogP) is 4.17. The molecule has 0 aliphatic carbocycles. The summed E-state index contributed by atoms with van der Waals surface area (Å²) in [6, 6.07) is 12.4. The molecule has 0 aromatic heterocycles. The Hall–Kier alpha value is -2.40. The summed E-state index contributed by atoms with van der Waals surface area (Å²) in [6.45, 7) is 1.69. The number of hydrogen-bond acceptors (Lipinski definition) is 4. The maximum atomic E-state index is 12.0. The summed E-state index contributed by atoms with van der Waals surface area (Å²) < 4.78 is 5.29. The van der Waals surface area contributed by atoms with Crippen molar-refractivity contribution in [1.82, 2.24) is 0 Å². The number of hydrogen-bond donors (Lipinski definition) is 0. The quantitative estimate of drug-likeness (QED) is 0.483. The molecule has 2 aromatic rings. The van der Waals surface area contributed by atoms with Gasteiger partial charge in [-0.25, -0.2) is 4.79 Å². The lowest BCUT2D eigenvalue weighted by Gasteiger charge is -2.14. The van der Waals surface area contributed by atoms with E-state index in [2.05, 4.69) is 0 Å². The fourth-order valence-electron chi connectivity index (χ4n) is 1.84. The molecule has 108 valence electrons. The van der Waals surface area contributed by atoms with Crippen molar-refractivity contribution in [3.63, 3.8) is 0 Å². The molecule has 0 radical (unpaired) electrons. The predicted molar refractivity (Wildman–Crippen MR) is 78.4 cm³/mol. The van der Waals surface area contributed by atoms with Gasteiger partial charge in [-0.2, -0.15) is 0 Å². The van der Waals surface area contributed by atoms with Gasteiger partial charge in [0.2, 0.25) is 0 Å². The minimum absolute atomic E-state index is 0.128. The number of nitro groups is 1. The summed E-state index contributed by atoms with van der Waals surface area (Å²) in [5.41, 5.74) is 0.649. The molecule has 0 unspecified atom stereocenters. The Morgan fingerprint density at radius 2 is 1.95 bits per heavy atom. The van der Waals surface area contributed by atoms with Crippen LogP contribution in [0.15, 0.2) is 48.5 Å². The Morgan fingerprint density at radius 1 is 1.24 bits per heavy atom. The van der Waals surface area contributed by atoms with E-state index in [-0.39, 0.29) is 11.3 Å². The minimum Gasteiger partial charge on any atom is -0.454 e. The number of benzene rings is 2. The summed E-state index contributed by atoms with van der Waals surface area (Å²) in [4.78, 5) is 22.2. The van der Waals surface area contributed by atoms with Crippen molar-refractivity contribution >= 4 is 23.3 Å². The molecule has 0 spiro atoms. The molecular formula is C15H12ClNO4. The Balaban J connectivity index is 2.16. The normalized spacial score (nSPS) is 11.7. The SMILES string of the molecule is C[C@H](OC(=O)c1cccc([N+](=O)[O-])c1)c1ccccc1Cl. The summed E-state index contributed by atoms with van der Waals surface area (Å²) in [6.07, 6.45) is -0.550. The van der Waals surface area contributed by atoms with Gasteiger partial charge in [-0.1, -0.05) is 35.9 Å². The van der Waals surface area contributed by atoms with Crippen LogP contribution in [0.5, 0.6) is 0 Å². The second kappa shape index (κ2) is 6.37. The second-order valence-electron chi connectivity index (χ2n) is 4.38. The number of non-ortho nitro benzene ring substituents is 1. The molecule has 0 aliphatic heterocycles. The third-order valence-electron chi connectivity index (χ3n) is 2.92. The van der Waals surface area contributed by atoms with Crippen LogP contribution in [0.1, 0.15) is 28.9 Å². The molecule has 21 heavy (non-hydrogen) atoms. The van der Waals surface area contributed by atoms with Crippen LogP contribution >= 0.6 is 11.6 Å². The van der Waals surface area contributed by atoms with Crippen molar-refractivity contribution in [2.24, 2.45) is 0 Å². The van der Waals surface area contributed by atoms with E-state index in [1.165, 1.54) is 24.3 Å². The van der Waals surface area contributed by atoms with Gasteiger partial charge in [0.1, 0.15) is 6.10 Å². The van der Waals surface area contributed by atoms with Crippen LogP contribution in [0.2, 0.25) is 5.02 Å². The van der Waals surface area contributed by atoms with Gasteiger partial charge in [-0.05, 0) is 19.1 Å². The van der Waals surface area contributed by atoms with E-state index in [9.17, 15) is 14.9 Å². The number of rotatable bonds is 4. The molecule has 0 N–H and O–H groups in total. The van der Waals surface area contributed by atoms with Gasteiger partial charge >= 0.3 is 5.97 Å². The molecule has 2 aromatic carbocycles. The van der Waals surface area contributed by atoms with Gasteiger partial charge in [0.25, 0.3) is 5.69 Å². The molecule has 0 fully saturated rings. The van der Waals surface area contributed by atoms with Crippen molar-refractivity contribution in [2.75, 3.05) is 0 Å². The van der Waals surface area contributed by atoms with Gasteiger partial charge in [-0.3, -0.25) is 10.1 Å². The van der Waals surface area contributed by atoms with Crippen LogP contribution in [-0.4, -0.2) is 10.9 Å². The molecule has 0 saturated carbocycles. The number of halogens is 1. The third kappa shape index (κ3) is 3.58. The van der Waals surface area contributed by atoms with E-state index in [0.717, 1.165) is 0 Å². The smallest absolute Gasteiger partial charge is 0.338 e. The maximum Gasteiger partial charge on any atom is 0.338 e. The number of esters is 1. The van der Waals surface area contributed by atoms with Crippen LogP contribution in [0.3, 0.4) is 0 Å². The highest BCUT2D eigenvalue weighted by molar-refractivity contribution is 6.31. The molecule has 0 heterocycles. The average molecular weight is 306 g/mol. The van der Waals surface area contributed by atoms with Crippen molar-refractivity contribution in [1.29, 1.82) is 0 Å². The lowest BCUT2D eigenvalue weighted by atomic mass is 10.1. The van der Waals surface area contributed by atoms with Crippen LogP contribution in [0.25, 0.3) is 0 Å². The van der Waals surface area contributed by atoms with E-state index < -0.39 is 17.0 Å². The maximum absolute atomic E-state index is 12.0. The molecule has 5 nitrogen and oxygen atoms in total. The molecule has 6 heteroatoms. The lowest BCUT2D eigenvalue weighted by molar-refractivity contribution is -0.384. The second-order valence-corrected chi connectivity index (χ2v) is 4.78. The van der Waals surface area contributed by atoms with Gasteiger partial charge in [-0.15, -0.1) is 0 Å². The summed E-state index contributed by atoms with van der Waals surface area (Å²) in [5, 5.41) is 11.2. The first-order valence-corrected chi connectivity index (χ1v) is 6.56.